The highest BCUT2D eigenvalue weighted by Crippen LogP contribution is 2.31. The standard InChI is InChI=1S/C24H23ClFN5O6S/c1-36-23-19(30-38(34,35)21-4-3-17(26)11-18(21)25)10-16(12-29-23)15-2-5-22-28-13-20(24(33)31(22)14-15)37-9-7-27-6-8-32/h2-5,10-14,27,30,32H,6-9H2,1H3. The van der Waals surface area contributed by atoms with Crippen molar-refractivity contribution in [2.75, 3.05) is 38.1 Å². The van der Waals surface area contributed by atoms with Crippen molar-refractivity contribution >= 4 is 33.0 Å². The van der Waals surface area contributed by atoms with Crippen molar-refractivity contribution in [1.29, 1.82) is 0 Å². The van der Waals surface area contributed by atoms with E-state index in [4.69, 9.17) is 26.2 Å². The average molecular weight is 564 g/mol. The van der Waals surface area contributed by atoms with E-state index in [1.54, 1.807) is 12.1 Å². The number of ether oxygens (including phenoxy) is 2. The van der Waals surface area contributed by atoms with Crippen molar-refractivity contribution in [1.82, 2.24) is 19.7 Å². The Labute approximate surface area is 221 Å². The lowest BCUT2D eigenvalue weighted by molar-refractivity contribution is 0.274. The minimum Gasteiger partial charge on any atom is -0.485 e. The van der Waals surface area contributed by atoms with Crippen molar-refractivity contribution in [3.8, 4) is 22.8 Å². The number of pyridine rings is 2. The second kappa shape index (κ2) is 11.7. The summed E-state index contributed by atoms with van der Waals surface area (Å²) in [7, 11) is -2.90. The van der Waals surface area contributed by atoms with Crippen molar-refractivity contribution in [3.63, 3.8) is 0 Å². The monoisotopic (exact) mass is 563 g/mol. The third-order valence-corrected chi connectivity index (χ3v) is 7.15. The molecule has 4 rings (SSSR count). The van der Waals surface area contributed by atoms with Crippen molar-refractivity contribution < 1.29 is 27.4 Å². The van der Waals surface area contributed by atoms with E-state index < -0.39 is 21.4 Å². The van der Waals surface area contributed by atoms with Crippen LogP contribution >= 0.6 is 11.6 Å². The van der Waals surface area contributed by atoms with Crippen LogP contribution in [-0.4, -0.2) is 61.3 Å². The topological polar surface area (TPSA) is 144 Å². The molecule has 0 atom stereocenters. The van der Waals surface area contributed by atoms with Crippen LogP contribution in [0, 0.1) is 5.82 Å². The van der Waals surface area contributed by atoms with Gasteiger partial charge >= 0.3 is 0 Å². The van der Waals surface area contributed by atoms with Crippen LogP contribution in [0.2, 0.25) is 5.02 Å². The van der Waals surface area contributed by atoms with Gasteiger partial charge in [-0.05, 0) is 36.4 Å². The van der Waals surface area contributed by atoms with Crippen LogP contribution in [-0.2, 0) is 10.0 Å². The van der Waals surface area contributed by atoms with E-state index in [1.165, 1.54) is 36.2 Å². The van der Waals surface area contributed by atoms with Gasteiger partial charge in [0.05, 0.1) is 24.9 Å². The number of hydrogen-bond donors (Lipinski definition) is 3. The van der Waals surface area contributed by atoms with Gasteiger partial charge in [-0.1, -0.05) is 11.6 Å². The predicted octanol–water partition coefficient (Wildman–Crippen LogP) is 2.32. The quantitative estimate of drug-likeness (QED) is 0.234. The molecule has 0 bridgehead atoms. The van der Waals surface area contributed by atoms with Gasteiger partial charge in [0.2, 0.25) is 11.6 Å². The molecule has 14 heteroatoms. The number of nitrogens with one attached hydrogen (secondary N) is 2. The van der Waals surface area contributed by atoms with Crippen molar-refractivity contribution in [2.24, 2.45) is 0 Å². The Morgan fingerprint density at radius 3 is 2.66 bits per heavy atom. The molecule has 0 spiro atoms. The fourth-order valence-electron chi connectivity index (χ4n) is 3.51. The first-order valence-corrected chi connectivity index (χ1v) is 13.1. The molecule has 1 aromatic carbocycles. The molecule has 0 amide bonds. The summed E-state index contributed by atoms with van der Waals surface area (Å²) in [4.78, 5) is 21.1. The summed E-state index contributed by atoms with van der Waals surface area (Å²) in [5.74, 6) is -0.647. The van der Waals surface area contributed by atoms with E-state index in [9.17, 15) is 17.6 Å². The Hall–Kier alpha value is -3.78. The van der Waals surface area contributed by atoms with E-state index in [-0.39, 0.29) is 40.4 Å². The number of benzene rings is 1. The number of rotatable bonds is 11. The van der Waals surface area contributed by atoms with E-state index >= 15 is 0 Å². The molecule has 4 aromatic rings. The van der Waals surface area contributed by atoms with Gasteiger partial charge in [-0.15, -0.1) is 0 Å². The molecular formula is C24H23ClFN5O6S. The summed E-state index contributed by atoms with van der Waals surface area (Å²) in [6.45, 7) is 1.04. The third kappa shape index (κ3) is 6.02. The maximum absolute atomic E-state index is 13.4. The lowest BCUT2D eigenvalue weighted by Gasteiger charge is -2.14. The summed E-state index contributed by atoms with van der Waals surface area (Å²) in [5, 5.41) is 11.5. The molecule has 11 nitrogen and oxygen atoms in total. The molecule has 38 heavy (non-hydrogen) atoms. The van der Waals surface area contributed by atoms with Crippen LogP contribution < -0.4 is 25.1 Å². The van der Waals surface area contributed by atoms with Gasteiger partial charge in [-0.25, -0.2) is 22.8 Å². The molecule has 0 saturated heterocycles. The summed E-state index contributed by atoms with van der Waals surface area (Å²) in [5.41, 5.74) is 0.925. The SMILES string of the molecule is COc1ncc(-c2ccc3ncc(OCCNCCO)c(=O)n3c2)cc1NS(=O)(=O)c1ccc(F)cc1Cl. The predicted molar refractivity (Wildman–Crippen MR) is 139 cm³/mol. The normalized spacial score (nSPS) is 11.5. The van der Waals surface area contributed by atoms with Gasteiger partial charge in [0.15, 0.2) is 0 Å². The summed E-state index contributed by atoms with van der Waals surface area (Å²) >= 11 is 5.95. The van der Waals surface area contributed by atoms with Gasteiger partial charge in [0.25, 0.3) is 15.6 Å². The number of aliphatic hydroxyl groups excluding tert-OH is 1. The molecule has 3 heterocycles. The van der Waals surface area contributed by atoms with Crippen molar-refractivity contribution in [2.45, 2.75) is 4.90 Å². The van der Waals surface area contributed by atoms with Crippen LogP contribution in [0.1, 0.15) is 0 Å². The second-order valence-electron chi connectivity index (χ2n) is 7.86. The highest BCUT2D eigenvalue weighted by atomic mass is 35.5. The van der Waals surface area contributed by atoms with E-state index in [1.807, 2.05) is 0 Å². The Morgan fingerprint density at radius 2 is 1.92 bits per heavy atom. The largest absolute Gasteiger partial charge is 0.485 e. The molecule has 0 aliphatic rings. The zero-order chi connectivity index (χ0) is 27.3. The minimum atomic E-state index is -4.22. The highest BCUT2D eigenvalue weighted by Gasteiger charge is 2.21. The average Bonchev–Trinajstić information content (AvgIpc) is 2.89. The zero-order valence-electron chi connectivity index (χ0n) is 20.0. The van der Waals surface area contributed by atoms with Gasteiger partial charge < -0.3 is 19.9 Å². The number of methoxy groups -OCH3 is 1. The Kier molecular flexibility index (Phi) is 8.42. The van der Waals surface area contributed by atoms with Gasteiger partial charge in [0.1, 0.15) is 28.7 Å². The summed E-state index contributed by atoms with van der Waals surface area (Å²) < 4.78 is 53.7. The number of nitrogens with zero attached hydrogens (tertiary/aromatic N) is 3. The molecule has 0 aliphatic carbocycles. The highest BCUT2D eigenvalue weighted by molar-refractivity contribution is 7.92. The van der Waals surface area contributed by atoms with Gasteiger partial charge in [-0.2, -0.15) is 0 Å². The lowest BCUT2D eigenvalue weighted by Crippen LogP contribution is -2.26. The third-order valence-electron chi connectivity index (χ3n) is 5.30. The number of fused-ring (bicyclic) bond motifs is 1. The first-order chi connectivity index (χ1) is 18.2. The number of aromatic nitrogens is 3. The van der Waals surface area contributed by atoms with Crippen LogP contribution in [0.15, 0.2) is 64.7 Å². The molecule has 0 radical (unpaired) electrons. The number of sulfonamides is 1. The van der Waals surface area contributed by atoms with Crippen LogP contribution in [0.3, 0.4) is 0 Å². The van der Waals surface area contributed by atoms with Gasteiger partial charge in [-0.3, -0.25) is 13.9 Å². The maximum Gasteiger partial charge on any atom is 0.300 e. The number of halogens is 2. The Morgan fingerprint density at radius 1 is 1.11 bits per heavy atom. The zero-order valence-corrected chi connectivity index (χ0v) is 21.6. The fourth-order valence-corrected chi connectivity index (χ4v) is 5.09. The lowest BCUT2D eigenvalue weighted by atomic mass is 10.1. The summed E-state index contributed by atoms with van der Waals surface area (Å²) in [6, 6.07) is 7.72. The molecule has 0 aliphatic heterocycles. The maximum atomic E-state index is 13.4. The van der Waals surface area contributed by atoms with E-state index in [0.717, 1.165) is 18.2 Å². The first-order valence-electron chi connectivity index (χ1n) is 11.2. The number of aliphatic hydroxyl groups is 1. The summed E-state index contributed by atoms with van der Waals surface area (Å²) in [6.07, 6.45) is 4.32. The molecule has 3 aromatic heterocycles. The molecule has 0 unspecified atom stereocenters. The molecule has 0 fully saturated rings. The van der Waals surface area contributed by atoms with Crippen LogP contribution in [0.4, 0.5) is 10.1 Å². The fraction of sp³-hybridized carbons (Fsp3) is 0.208. The molecular weight excluding hydrogens is 541 g/mol. The van der Waals surface area contributed by atoms with E-state index in [0.29, 0.717) is 29.9 Å². The Bertz CT molecular complexity index is 1630. The van der Waals surface area contributed by atoms with Gasteiger partial charge in [0, 0.05) is 36.6 Å². The molecule has 3 N–H and O–H groups in total. The number of anilines is 1. The molecule has 0 saturated carbocycles. The molecule has 200 valence electrons. The minimum absolute atomic E-state index is 0.00317. The Balaban J connectivity index is 1.66. The van der Waals surface area contributed by atoms with Crippen molar-refractivity contribution in [3.05, 3.63) is 76.2 Å². The van der Waals surface area contributed by atoms with Crippen LogP contribution in [0.5, 0.6) is 11.6 Å². The van der Waals surface area contributed by atoms with E-state index in [2.05, 4.69) is 20.0 Å². The van der Waals surface area contributed by atoms with Crippen LogP contribution in [0.25, 0.3) is 16.8 Å². The second-order valence-corrected chi connectivity index (χ2v) is 9.91. The number of hydrogen-bond acceptors (Lipinski definition) is 9. The first kappa shape index (κ1) is 27.3. The smallest absolute Gasteiger partial charge is 0.300 e.